The summed E-state index contributed by atoms with van der Waals surface area (Å²) < 4.78 is 5.41. The van der Waals surface area contributed by atoms with Gasteiger partial charge in [0, 0.05) is 62.0 Å². The largest absolute Gasteiger partial charge is 0.350 e. The van der Waals surface area contributed by atoms with E-state index in [1.54, 1.807) is 53.3 Å². The second kappa shape index (κ2) is 11.6. The van der Waals surface area contributed by atoms with Crippen molar-refractivity contribution in [1.82, 2.24) is 20.7 Å². The number of ether oxygens (including phenoxy) is 1. The fourth-order valence-corrected chi connectivity index (χ4v) is 5.21. The number of nitrogens with zero attached hydrogens (tertiary/aromatic N) is 5. The third kappa shape index (κ3) is 5.33. The minimum atomic E-state index is -0.591. The molecule has 3 aromatic rings. The predicted octanol–water partition coefficient (Wildman–Crippen LogP) is 4.20. The monoisotopic (exact) mass is 557 g/mol. The van der Waals surface area contributed by atoms with Gasteiger partial charge in [0.25, 0.3) is 5.91 Å². The van der Waals surface area contributed by atoms with Gasteiger partial charge < -0.3 is 10.1 Å². The van der Waals surface area contributed by atoms with E-state index in [2.05, 4.69) is 15.7 Å². The summed E-state index contributed by atoms with van der Waals surface area (Å²) in [4.78, 5) is 48.3. The minimum Gasteiger partial charge on any atom is -0.350 e. The summed E-state index contributed by atoms with van der Waals surface area (Å²) in [6, 6.07) is 16.4. The zero-order valence-electron chi connectivity index (χ0n) is 23.9. The maximum atomic E-state index is 13.6. The lowest BCUT2D eigenvalue weighted by molar-refractivity contribution is 0.0649. The van der Waals surface area contributed by atoms with Crippen molar-refractivity contribution in [2.75, 3.05) is 41.9 Å². The van der Waals surface area contributed by atoms with Crippen molar-refractivity contribution in [2.45, 2.75) is 39.6 Å². The molecule has 0 radical (unpaired) electrons. The van der Waals surface area contributed by atoms with E-state index in [1.807, 2.05) is 57.2 Å². The number of aromatic nitrogens is 1. The molecule has 5 rings (SSSR count). The van der Waals surface area contributed by atoms with Gasteiger partial charge in [-0.1, -0.05) is 25.1 Å². The summed E-state index contributed by atoms with van der Waals surface area (Å²) in [5.74, 6) is 0.449. The molecule has 3 heterocycles. The Hall–Kier alpha value is -4.48. The van der Waals surface area contributed by atoms with Crippen molar-refractivity contribution in [3.63, 3.8) is 0 Å². The maximum Gasteiger partial charge on any atom is 0.341 e. The second-order valence-electron chi connectivity index (χ2n) is 10.3. The Morgan fingerprint density at radius 2 is 1.78 bits per heavy atom. The molecule has 2 saturated heterocycles. The van der Waals surface area contributed by atoms with Gasteiger partial charge in [-0.25, -0.2) is 14.6 Å². The molecule has 11 heteroatoms. The molecule has 1 aromatic heterocycles. The van der Waals surface area contributed by atoms with Crippen LogP contribution in [0.1, 0.15) is 36.7 Å². The van der Waals surface area contributed by atoms with Crippen LogP contribution in [0.4, 0.5) is 26.8 Å². The molecule has 214 valence electrons. The Balaban J connectivity index is 1.40. The number of urea groups is 2. The summed E-state index contributed by atoms with van der Waals surface area (Å²) in [5.41, 5.74) is 7.70. The Labute approximate surface area is 239 Å². The number of hydrogen-bond donors (Lipinski definition) is 2. The van der Waals surface area contributed by atoms with Gasteiger partial charge >= 0.3 is 12.1 Å². The number of rotatable bonds is 8. The highest BCUT2D eigenvalue weighted by Gasteiger charge is 2.36. The van der Waals surface area contributed by atoms with Gasteiger partial charge in [-0.3, -0.25) is 24.5 Å². The molecule has 2 N–H and O–H groups in total. The lowest BCUT2D eigenvalue weighted by Gasteiger charge is -2.23. The van der Waals surface area contributed by atoms with E-state index in [4.69, 9.17) is 4.74 Å². The molecule has 2 aliphatic rings. The minimum absolute atomic E-state index is 0.0146. The molecule has 0 spiro atoms. The van der Waals surface area contributed by atoms with E-state index in [0.29, 0.717) is 42.3 Å². The maximum absolute atomic E-state index is 13.6. The van der Waals surface area contributed by atoms with E-state index in [1.165, 1.54) is 5.01 Å². The summed E-state index contributed by atoms with van der Waals surface area (Å²) in [7, 11) is 3.19. The summed E-state index contributed by atoms with van der Waals surface area (Å²) in [5, 5.41) is 4.28. The van der Waals surface area contributed by atoms with Crippen LogP contribution in [0.2, 0.25) is 0 Å². The first kappa shape index (κ1) is 28.1. The predicted molar refractivity (Wildman–Crippen MR) is 158 cm³/mol. The third-order valence-electron chi connectivity index (χ3n) is 7.20. The zero-order valence-corrected chi connectivity index (χ0v) is 23.9. The number of carbonyl (C=O) groups is 3. The summed E-state index contributed by atoms with van der Waals surface area (Å²) >= 11 is 0. The molecule has 1 unspecified atom stereocenters. The Morgan fingerprint density at radius 1 is 1.05 bits per heavy atom. The molecular weight excluding hydrogens is 522 g/mol. The smallest absolute Gasteiger partial charge is 0.341 e. The first-order chi connectivity index (χ1) is 19.7. The van der Waals surface area contributed by atoms with Gasteiger partial charge in [0.15, 0.2) is 0 Å². The van der Waals surface area contributed by atoms with E-state index in [-0.39, 0.29) is 24.0 Å². The Morgan fingerprint density at radius 3 is 2.46 bits per heavy atom. The lowest BCUT2D eigenvalue weighted by Crippen LogP contribution is -2.38. The van der Waals surface area contributed by atoms with Crippen molar-refractivity contribution in [3.05, 3.63) is 71.9 Å². The molecule has 0 bridgehead atoms. The zero-order chi connectivity index (χ0) is 29.3. The number of nitrogens with one attached hydrogen (secondary N) is 2. The Bertz CT molecular complexity index is 1460. The first-order valence-corrected chi connectivity index (χ1v) is 13.7. The average Bonchev–Trinajstić information content (AvgIpc) is 3.50. The first-order valence-electron chi connectivity index (χ1n) is 13.7. The van der Waals surface area contributed by atoms with Crippen LogP contribution in [0.15, 0.2) is 60.8 Å². The number of benzene rings is 2. The van der Waals surface area contributed by atoms with Crippen molar-refractivity contribution in [1.29, 1.82) is 0 Å². The fourth-order valence-electron chi connectivity index (χ4n) is 5.21. The molecular formula is C30H35N7O4. The SMILES string of the molecule is CCc1c(-c2ccc(N3C(=O)N(C)NC3OC)cc2)ccnc1N1CCN(c2cccc(C(=O)NC(C)C)c2)C1=O. The highest BCUT2D eigenvalue weighted by molar-refractivity contribution is 6.07. The van der Waals surface area contributed by atoms with E-state index in [9.17, 15) is 14.4 Å². The summed E-state index contributed by atoms with van der Waals surface area (Å²) in [6.45, 7) is 6.81. The highest BCUT2D eigenvalue weighted by atomic mass is 16.5. The van der Waals surface area contributed by atoms with Gasteiger partial charge in [0.05, 0.1) is 0 Å². The van der Waals surface area contributed by atoms with Crippen LogP contribution in [-0.2, 0) is 11.2 Å². The molecule has 2 aromatic carbocycles. The van der Waals surface area contributed by atoms with Crippen LogP contribution >= 0.6 is 0 Å². The van der Waals surface area contributed by atoms with Gasteiger partial charge in [-0.15, -0.1) is 0 Å². The van der Waals surface area contributed by atoms with Gasteiger partial charge in [-0.05, 0) is 67.8 Å². The van der Waals surface area contributed by atoms with Crippen molar-refractivity contribution < 1.29 is 19.1 Å². The normalized spacial score (nSPS) is 17.3. The van der Waals surface area contributed by atoms with Crippen LogP contribution in [0, 0.1) is 0 Å². The van der Waals surface area contributed by atoms with Gasteiger partial charge in [0.1, 0.15) is 5.82 Å². The van der Waals surface area contributed by atoms with Crippen LogP contribution < -0.4 is 25.4 Å². The topological polar surface area (TPSA) is 110 Å². The number of methoxy groups -OCH3 is 1. The highest BCUT2D eigenvalue weighted by Crippen LogP contribution is 2.34. The molecule has 11 nitrogen and oxygen atoms in total. The number of amides is 5. The van der Waals surface area contributed by atoms with E-state index < -0.39 is 6.35 Å². The van der Waals surface area contributed by atoms with Crippen LogP contribution in [0.5, 0.6) is 0 Å². The quantitative estimate of drug-likeness (QED) is 0.430. The van der Waals surface area contributed by atoms with Gasteiger partial charge in [0.2, 0.25) is 6.35 Å². The fraction of sp³-hybridized carbons (Fsp3) is 0.333. The standard InChI is InChI=1S/C30H35N7O4/c1-6-24-25(20-10-12-22(13-11-20)37-28(41-5)33-34(4)29(37)39)14-15-31-26(24)36-17-16-35(30(36)40)23-9-7-8-21(18-23)27(38)32-19(2)3/h7-15,18-19,28,33H,6,16-17H2,1-5H3,(H,32,38). The van der Waals surface area contributed by atoms with Crippen molar-refractivity contribution in [3.8, 4) is 11.1 Å². The van der Waals surface area contributed by atoms with E-state index >= 15 is 0 Å². The molecule has 2 aliphatic heterocycles. The van der Waals surface area contributed by atoms with Crippen molar-refractivity contribution >= 4 is 35.2 Å². The van der Waals surface area contributed by atoms with Crippen LogP contribution in [-0.4, -0.2) is 67.6 Å². The molecule has 2 fully saturated rings. The number of carbonyl (C=O) groups excluding carboxylic acids is 3. The van der Waals surface area contributed by atoms with Crippen LogP contribution in [0.25, 0.3) is 11.1 Å². The molecule has 0 aliphatic carbocycles. The summed E-state index contributed by atoms with van der Waals surface area (Å²) in [6.07, 6.45) is 1.79. The molecule has 0 saturated carbocycles. The number of hydrazine groups is 1. The average molecular weight is 558 g/mol. The van der Waals surface area contributed by atoms with Gasteiger partial charge in [-0.2, -0.15) is 5.43 Å². The third-order valence-corrected chi connectivity index (χ3v) is 7.20. The number of pyridine rings is 1. The lowest BCUT2D eigenvalue weighted by atomic mass is 9.98. The second-order valence-corrected chi connectivity index (χ2v) is 10.3. The van der Waals surface area contributed by atoms with Crippen molar-refractivity contribution in [2.24, 2.45) is 0 Å². The van der Waals surface area contributed by atoms with Crippen LogP contribution in [0.3, 0.4) is 0 Å². The number of anilines is 3. The molecule has 5 amide bonds. The molecule has 1 atom stereocenters. The molecule has 41 heavy (non-hydrogen) atoms. The van der Waals surface area contributed by atoms with E-state index in [0.717, 1.165) is 16.7 Å². The number of hydrogen-bond acceptors (Lipinski definition) is 6. The Kier molecular flexibility index (Phi) is 7.91.